The summed E-state index contributed by atoms with van der Waals surface area (Å²) >= 11 is 0. The van der Waals surface area contributed by atoms with E-state index in [4.69, 9.17) is 4.99 Å². The van der Waals surface area contributed by atoms with Gasteiger partial charge in [-0.2, -0.15) is 5.10 Å². The number of benzene rings is 1. The monoisotopic (exact) mass is 376 g/mol. The molecule has 0 unspecified atom stereocenters. The Labute approximate surface area is 164 Å². The highest BCUT2D eigenvalue weighted by molar-refractivity contribution is 6.40. The molecule has 2 aliphatic rings. The fourth-order valence-corrected chi connectivity index (χ4v) is 3.71. The van der Waals surface area contributed by atoms with Gasteiger partial charge in [-0.15, -0.1) is 0 Å². The highest BCUT2D eigenvalue weighted by atomic mass is 16.2. The summed E-state index contributed by atoms with van der Waals surface area (Å²) in [6, 6.07) is 15.5. The summed E-state index contributed by atoms with van der Waals surface area (Å²) in [6.07, 6.45) is 6.91. The van der Waals surface area contributed by atoms with Gasteiger partial charge in [0.05, 0.1) is 12.6 Å². The van der Waals surface area contributed by atoms with Gasteiger partial charge in [0.2, 0.25) is 5.91 Å². The first-order chi connectivity index (χ1) is 13.7. The highest BCUT2D eigenvalue weighted by Gasteiger charge is 2.25. The molecule has 1 saturated carbocycles. The van der Waals surface area contributed by atoms with Crippen LogP contribution >= 0.6 is 0 Å². The zero-order chi connectivity index (χ0) is 19.3. The van der Waals surface area contributed by atoms with E-state index in [2.05, 4.69) is 5.10 Å². The fraction of sp³-hybridized carbons (Fsp3) is 0.364. The van der Waals surface area contributed by atoms with E-state index in [-0.39, 0.29) is 17.9 Å². The lowest BCUT2D eigenvalue weighted by Crippen LogP contribution is -2.38. The minimum Gasteiger partial charge on any atom is -0.273 e. The number of hydrogen-bond donors (Lipinski definition) is 0. The van der Waals surface area contributed by atoms with Crippen molar-refractivity contribution in [2.45, 2.75) is 51.1 Å². The molecule has 0 bridgehead atoms. The summed E-state index contributed by atoms with van der Waals surface area (Å²) in [5.41, 5.74) is 2.04. The van der Waals surface area contributed by atoms with Crippen LogP contribution in [0.4, 0.5) is 0 Å². The van der Waals surface area contributed by atoms with Crippen molar-refractivity contribution in [2.75, 3.05) is 0 Å². The van der Waals surface area contributed by atoms with Gasteiger partial charge < -0.3 is 0 Å². The molecule has 1 aliphatic heterocycles. The van der Waals surface area contributed by atoms with E-state index < -0.39 is 0 Å². The van der Waals surface area contributed by atoms with Gasteiger partial charge in [0.1, 0.15) is 11.2 Å². The Morgan fingerprint density at radius 1 is 1.04 bits per heavy atom. The minimum absolute atomic E-state index is 0.0608. The molecule has 1 fully saturated rings. The molecule has 0 spiro atoms. The van der Waals surface area contributed by atoms with E-state index in [0.717, 1.165) is 18.4 Å². The normalized spacial score (nSPS) is 18.4. The lowest BCUT2D eigenvalue weighted by Gasteiger charge is -2.23. The SMILES string of the molecule is O=C1CCC(C(=O)n2ccccc2=NC2CCCC2)=NN1Cc1ccccc1. The first-order valence-corrected chi connectivity index (χ1v) is 9.89. The van der Waals surface area contributed by atoms with Crippen LogP contribution in [0.3, 0.4) is 0 Å². The molecular weight excluding hydrogens is 352 g/mol. The molecule has 6 nitrogen and oxygen atoms in total. The Morgan fingerprint density at radius 2 is 1.79 bits per heavy atom. The van der Waals surface area contributed by atoms with E-state index in [1.54, 1.807) is 10.8 Å². The minimum atomic E-state index is -0.206. The zero-order valence-electron chi connectivity index (χ0n) is 15.8. The first kappa shape index (κ1) is 18.3. The first-order valence-electron chi connectivity index (χ1n) is 9.89. The Morgan fingerprint density at radius 3 is 2.57 bits per heavy atom. The van der Waals surface area contributed by atoms with Crippen LogP contribution in [0.5, 0.6) is 0 Å². The van der Waals surface area contributed by atoms with Gasteiger partial charge in [-0.25, -0.2) is 5.01 Å². The number of carbonyl (C=O) groups is 2. The maximum atomic E-state index is 13.1. The summed E-state index contributed by atoms with van der Waals surface area (Å²) < 4.78 is 1.56. The molecule has 144 valence electrons. The quantitative estimate of drug-likeness (QED) is 0.823. The lowest BCUT2D eigenvalue weighted by atomic mass is 10.1. The van der Waals surface area contributed by atoms with Crippen molar-refractivity contribution in [1.82, 2.24) is 9.58 Å². The molecule has 1 aliphatic carbocycles. The van der Waals surface area contributed by atoms with Crippen LogP contribution in [0.15, 0.2) is 64.8 Å². The van der Waals surface area contributed by atoms with Crippen LogP contribution in [0.2, 0.25) is 0 Å². The summed E-state index contributed by atoms with van der Waals surface area (Å²) in [4.78, 5) is 30.2. The predicted molar refractivity (Wildman–Crippen MR) is 107 cm³/mol. The van der Waals surface area contributed by atoms with Gasteiger partial charge in [0.15, 0.2) is 0 Å². The van der Waals surface area contributed by atoms with Gasteiger partial charge in [0.25, 0.3) is 5.91 Å². The van der Waals surface area contributed by atoms with Crippen LogP contribution < -0.4 is 5.49 Å². The highest BCUT2D eigenvalue weighted by Crippen LogP contribution is 2.20. The van der Waals surface area contributed by atoms with Gasteiger partial charge in [-0.1, -0.05) is 49.2 Å². The van der Waals surface area contributed by atoms with Gasteiger partial charge >= 0.3 is 0 Å². The van der Waals surface area contributed by atoms with E-state index >= 15 is 0 Å². The van der Waals surface area contributed by atoms with E-state index in [0.29, 0.717) is 30.6 Å². The maximum absolute atomic E-state index is 13.1. The molecule has 0 saturated heterocycles. The number of carbonyl (C=O) groups excluding carboxylic acids is 2. The predicted octanol–water partition coefficient (Wildman–Crippen LogP) is 3.15. The second-order valence-corrected chi connectivity index (χ2v) is 7.29. The third-order valence-corrected chi connectivity index (χ3v) is 5.22. The zero-order valence-corrected chi connectivity index (χ0v) is 15.8. The summed E-state index contributed by atoms with van der Waals surface area (Å²) in [7, 11) is 0. The average Bonchev–Trinajstić information content (AvgIpc) is 3.23. The van der Waals surface area contributed by atoms with Crippen molar-refractivity contribution < 1.29 is 9.59 Å². The molecule has 2 aromatic rings. The Hall–Kier alpha value is -3.02. The topological polar surface area (TPSA) is 67.0 Å². The molecule has 1 amide bonds. The van der Waals surface area contributed by atoms with Crippen molar-refractivity contribution in [3.63, 3.8) is 0 Å². The average molecular weight is 376 g/mol. The molecule has 28 heavy (non-hydrogen) atoms. The number of pyridine rings is 1. The number of rotatable bonds is 4. The van der Waals surface area contributed by atoms with Crippen LogP contribution in [0.1, 0.15) is 48.9 Å². The number of hydrogen-bond acceptors (Lipinski definition) is 4. The molecule has 6 heteroatoms. The van der Waals surface area contributed by atoms with Crippen LogP contribution in [0.25, 0.3) is 0 Å². The molecule has 0 N–H and O–H groups in total. The Kier molecular flexibility index (Phi) is 5.46. The molecule has 2 heterocycles. The van der Waals surface area contributed by atoms with Gasteiger partial charge in [-0.3, -0.25) is 19.1 Å². The van der Waals surface area contributed by atoms with E-state index in [9.17, 15) is 9.59 Å². The maximum Gasteiger partial charge on any atom is 0.279 e. The second kappa shape index (κ2) is 8.33. The number of nitrogens with zero attached hydrogens (tertiary/aromatic N) is 4. The fourth-order valence-electron chi connectivity index (χ4n) is 3.71. The van der Waals surface area contributed by atoms with Gasteiger partial charge in [0, 0.05) is 19.0 Å². The van der Waals surface area contributed by atoms with E-state index in [1.165, 1.54) is 17.9 Å². The van der Waals surface area contributed by atoms with Crippen molar-refractivity contribution in [3.8, 4) is 0 Å². The smallest absolute Gasteiger partial charge is 0.273 e. The standard InChI is InChI=1S/C22H24N4O2/c27-21-14-13-19(24-26(21)16-17-8-2-1-3-9-17)22(28)25-15-7-6-12-20(25)23-18-10-4-5-11-18/h1-3,6-9,12,15,18H,4-5,10-11,13-14,16H2. The number of hydrazone groups is 1. The molecular formula is C22H24N4O2. The largest absolute Gasteiger partial charge is 0.279 e. The third-order valence-electron chi connectivity index (χ3n) is 5.22. The Balaban J connectivity index is 1.61. The molecule has 0 atom stereocenters. The Bertz CT molecular complexity index is 956. The number of amides is 1. The summed E-state index contributed by atoms with van der Waals surface area (Å²) in [5.74, 6) is -0.266. The van der Waals surface area contributed by atoms with Crippen LogP contribution in [-0.4, -0.2) is 33.1 Å². The second-order valence-electron chi connectivity index (χ2n) is 7.29. The van der Waals surface area contributed by atoms with Crippen molar-refractivity contribution >= 4 is 17.5 Å². The van der Waals surface area contributed by atoms with Crippen molar-refractivity contribution in [2.24, 2.45) is 10.1 Å². The third kappa shape index (κ3) is 4.11. The molecule has 4 rings (SSSR count). The van der Waals surface area contributed by atoms with Crippen LogP contribution in [0, 0.1) is 0 Å². The molecule has 1 aromatic carbocycles. The van der Waals surface area contributed by atoms with Crippen molar-refractivity contribution in [3.05, 3.63) is 65.8 Å². The lowest BCUT2D eigenvalue weighted by molar-refractivity contribution is -0.132. The van der Waals surface area contributed by atoms with Gasteiger partial charge in [-0.05, 0) is 30.5 Å². The van der Waals surface area contributed by atoms with Crippen LogP contribution in [-0.2, 0) is 11.3 Å². The van der Waals surface area contributed by atoms with Crippen molar-refractivity contribution in [1.29, 1.82) is 0 Å². The summed E-state index contributed by atoms with van der Waals surface area (Å²) in [6.45, 7) is 0.370. The van der Waals surface area contributed by atoms with E-state index in [1.807, 2.05) is 48.5 Å². The molecule has 0 radical (unpaired) electrons. The number of aromatic nitrogens is 1. The summed E-state index contributed by atoms with van der Waals surface area (Å²) in [5, 5.41) is 5.80. The molecule has 1 aromatic heterocycles.